The zero-order valence-electron chi connectivity index (χ0n) is 10.0. The third-order valence-corrected chi connectivity index (χ3v) is 4.09. The van der Waals surface area contributed by atoms with Gasteiger partial charge in [-0.05, 0) is 5.56 Å². The monoisotopic (exact) mass is 279 g/mol. The van der Waals surface area contributed by atoms with Crippen LogP contribution in [0.15, 0.2) is 35.3 Å². The number of aliphatic imine (C=N–C) groups is 1. The van der Waals surface area contributed by atoms with E-state index in [1.165, 1.54) is 0 Å². The molecule has 1 aromatic carbocycles. The summed E-state index contributed by atoms with van der Waals surface area (Å²) in [6.07, 6.45) is 0.244. The molecular formula is C13H13NO4S. The Hall–Kier alpha value is -1.82. The van der Waals surface area contributed by atoms with Crippen molar-refractivity contribution in [2.24, 2.45) is 4.99 Å². The third kappa shape index (κ3) is 3.35. The molecule has 1 aliphatic rings. The predicted octanol–water partition coefficient (Wildman–Crippen LogP) is 1.52. The molecule has 0 saturated heterocycles. The van der Waals surface area contributed by atoms with Gasteiger partial charge >= 0.3 is 11.9 Å². The van der Waals surface area contributed by atoms with Crippen LogP contribution < -0.4 is 0 Å². The lowest BCUT2D eigenvalue weighted by molar-refractivity contribution is -0.138. The van der Waals surface area contributed by atoms with E-state index < -0.39 is 23.2 Å². The summed E-state index contributed by atoms with van der Waals surface area (Å²) in [6.45, 7) is 0. The van der Waals surface area contributed by atoms with Crippen LogP contribution in [0.1, 0.15) is 12.0 Å². The summed E-state index contributed by atoms with van der Waals surface area (Å²) in [4.78, 5) is 26.4. The van der Waals surface area contributed by atoms with Crippen molar-refractivity contribution in [1.29, 1.82) is 0 Å². The first-order chi connectivity index (χ1) is 9.08. The molecule has 19 heavy (non-hydrogen) atoms. The minimum absolute atomic E-state index is 0.183. The molecule has 1 aliphatic heterocycles. The van der Waals surface area contributed by atoms with Crippen LogP contribution in [0.3, 0.4) is 0 Å². The number of carboxylic acid groups (broad SMARTS) is 2. The van der Waals surface area contributed by atoms with Gasteiger partial charge in [-0.3, -0.25) is 9.79 Å². The fraction of sp³-hybridized carbons (Fsp3) is 0.308. The number of carboxylic acids is 2. The zero-order valence-corrected chi connectivity index (χ0v) is 10.8. The highest BCUT2D eigenvalue weighted by atomic mass is 32.2. The molecule has 1 aromatic rings. The van der Waals surface area contributed by atoms with Gasteiger partial charge in [-0.1, -0.05) is 30.3 Å². The molecule has 2 atom stereocenters. The maximum atomic E-state index is 11.1. The van der Waals surface area contributed by atoms with E-state index in [2.05, 4.69) is 4.99 Å². The summed E-state index contributed by atoms with van der Waals surface area (Å²) < 4.78 is 0. The third-order valence-electron chi connectivity index (χ3n) is 2.81. The molecule has 1 heterocycles. The molecule has 5 nitrogen and oxygen atoms in total. The van der Waals surface area contributed by atoms with Crippen molar-refractivity contribution in [2.45, 2.75) is 17.7 Å². The summed E-state index contributed by atoms with van der Waals surface area (Å²) in [5.41, 5.74) is 1.33. The van der Waals surface area contributed by atoms with E-state index in [1.807, 2.05) is 30.3 Å². The van der Waals surface area contributed by atoms with E-state index in [0.29, 0.717) is 5.71 Å². The second kappa shape index (κ2) is 5.88. The van der Waals surface area contributed by atoms with Gasteiger partial charge in [0.25, 0.3) is 0 Å². The van der Waals surface area contributed by atoms with E-state index in [-0.39, 0.29) is 12.2 Å². The molecule has 0 radical (unpaired) electrons. The maximum Gasteiger partial charge on any atom is 0.329 e. The second-order valence-corrected chi connectivity index (χ2v) is 5.40. The summed E-state index contributed by atoms with van der Waals surface area (Å²) >= 11 is 1.13. The molecule has 100 valence electrons. The molecular weight excluding hydrogens is 266 g/mol. The van der Waals surface area contributed by atoms with Crippen LogP contribution in [0.4, 0.5) is 0 Å². The van der Waals surface area contributed by atoms with Crippen molar-refractivity contribution in [3.05, 3.63) is 35.9 Å². The van der Waals surface area contributed by atoms with Gasteiger partial charge in [-0.2, -0.15) is 0 Å². The Balaban J connectivity index is 2.34. The van der Waals surface area contributed by atoms with Crippen LogP contribution in [0.5, 0.6) is 0 Å². The maximum absolute atomic E-state index is 11.1. The molecule has 0 saturated carbocycles. The summed E-state index contributed by atoms with van der Waals surface area (Å²) in [5.74, 6) is -1.77. The van der Waals surface area contributed by atoms with Crippen LogP contribution in [0.25, 0.3) is 0 Å². The van der Waals surface area contributed by atoms with Gasteiger partial charge in [-0.15, -0.1) is 11.8 Å². The highest BCUT2D eigenvalue weighted by Gasteiger charge is 2.29. The molecule has 0 aliphatic carbocycles. The van der Waals surface area contributed by atoms with Crippen molar-refractivity contribution < 1.29 is 19.8 Å². The number of benzene rings is 1. The Morgan fingerprint density at radius 1 is 1.16 bits per heavy atom. The second-order valence-electron chi connectivity index (χ2n) is 4.16. The molecule has 0 amide bonds. The molecule has 2 rings (SSSR count). The number of hydrogen-bond donors (Lipinski definition) is 2. The van der Waals surface area contributed by atoms with Gasteiger partial charge in [0.1, 0.15) is 5.25 Å². The summed E-state index contributed by atoms with van der Waals surface area (Å²) in [7, 11) is 0. The van der Waals surface area contributed by atoms with Crippen molar-refractivity contribution >= 4 is 29.4 Å². The van der Waals surface area contributed by atoms with E-state index in [4.69, 9.17) is 10.2 Å². The van der Waals surface area contributed by atoms with Crippen molar-refractivity contribution in [3.63, 3.8) is 0 Å². The summed E-state index contributed by atoms with van der Waals surface area (Å²) in [5, 5.41) is 17.6. The minimum atomic E-state index is -1.02. The number of thioether (sulfide) groups is 1. The van der Waals surface area contributed by atoms with E-state index in [1.54, 1.807) is 0 Å². The lowest BCUT2D eigenvalue weighted by Crippen LogP contribution is -2.21. The Kier molecular flexibility index (Phi) is 4.21. The number of carbonyl (C=O) groups is 2. The van der Waals surface area contributed by atoms with Crippen LogP contribution >= 0.6 is 11.8 Å². The number of aliphatic carboxylic acids is 2. The molecule has 6 heteroatoms. The first kappa shape index (κ1) is 13.6. The fourth-order valence-corrected chi connectivity index (χ4v) is 2.88. The topological polar surface area (TPSA) is 87.0 Å². The number of rotatable bonds is 3. The Labute approximate surface area is 114 Å². The first-order valence-corrected chi connectivity index (χ1v) is 6.82. The zero-order chi connectivity index (χ0) is 13.8. The molecule has 0 bridgehead atoms. The largest absolute Gasteiger partial charge is 0.480 e. The lowest BCUT2D eigenvalue weighted by Gasteiger charge is -2.09. The average Bonchev–Trinajstić information content (AvgIpc) is 2.62. The van der Waals surface area contributed by atoms with Crippen molar-refractivity contribution in [2.75, 3.05) is 5.75 Å². The Morgan fingerprint density at radius 3 is 2.42 bits per heavy atom. The van der Waals surface area contributed by atoms with Crippen LogP contribution in [0.2, 0.25) is 0 Å². The van der Waals surface area contributed by atoms with Gasteiger partial charge in [0.15, 0.2) is 6.04 Å². The molecule has 2 N–H and O–H groups in total. The van der Waals surface area contributed by atoms with Crippen LogP contribution in [0, 0.1) is 0 Å². The quantitative estimate of drug-likeness (QED) is 0.876. The SMILES string of the molecule is O=C(O)[C@H]1CS[C@@H](C(=O)O)CC(c2ccccc2)=N1. The van der Waals surface area contributed by atoms with Crippen LogP contribution in [-0.4, -0.2) is 44.9 Å². The standard InChI is InChI=1S/C13H13NO4S/c15-12(16)10-7-19-11(13(17)18)6-9(14-10)8-4-2-1-3-5-8/h1-5,10-11H,6-7H2,(H,15,16)(H,17,18)/t10-,11-/m1/s1. The van der Waals surface area contributed by atoms with Gasteiger partial charge in [-0.25, -0.2) is 4.79 Å². The van der Waals surface area contributed by atoms with E-state index in [9.17, 15) is 9.59 Å². The number of hydrogen-bond acceptors (Lipinski definition) is 4. The van der Waals surface area contributed by atoms with Gasteiger partial charge in [0.2, 0.25) is 0 Å². The molecule has 0 aromatic heterocycles. The highest BCUT2D eigenvalue weighted by Crippen LogP contribution is 2.24. The molecule has 0 unspecified atom stereocenters. The fourth-order valence-electron chi connectivity index (χ4n) is 1.83. The minimum Gasteiger partial charge on any atom is -0.480 e. The number of nitrogens with zero attached hydrogens (tertiary/aromatic N) is 1. The molecule has 0 fully saturated rings. The van der Waals surface area contributed by atoms with Gasteiger partial charge < -0.3 is 10.2 Å². The normalized spacial score (nSPS) is 23.3. The average molecular weight is 279 g/mol. The van der Waals surface area contributed by atoms with Gasteiger partial charge in [0, 0.05) is 17.9 Å². The van der Waals surface area contributed by atoms with Crippen molar-refractivity contribution in [3.8, 4) is 0 Å². The molecule has 0 spiro atoms. The van der Waals surface area contributed by atoms with E-state index in [0.717, 1.165) is 17.3 Å². The van der Waals surface area contributed by atoms with Gasteiger partial charge in [0.05, 0.1) is 0 Å². The smallest absolute Gasteiger partial charge is 0.329 e. The highest BCUT2D eigenvalue weighted by molar-refractivity contribution is 8.00. The Bertz CT molecular complexity index is 515. The summed E-state index contributed by atoms with van der Waals surface area (Å²) in [6, 6.07) is 8.23. The van der Waals surface area contributed by atoms with Crippen LogP contribution in [-0.2, 0) is 9.59 Å². The predicted molar refractivity (Wildman–Crippen MR) is 72.9 cm³/mol. The van der Waals surface area contributed by atoms with Crippen molar-refractivity contribution in [1.82, 2.24) is 0 Å². The Morgan fingerprint density at radius 2 is 1.84 bits per heavy atom. The van der Waals surface area contributed by atoms with E-state index >= 15 is 0 Å². The first-order valence-electron chi connectivity index (χ1n) is 5.77. The lowest BCUT2D eigenvalue weighted by atomic mass is 10.1.